The van der Waals surface area contributed by atoms with Crippen molar-refractivity contribution in [1.82, 2.24) is 24.5 Å². The van der Waals surface area contributed by atoms with Crippen molar-refractivity contribution in [2.45, 2.75) is 31.8 Å². The quantitative estimate of drug-likeness (QED) is 0.584. The molecular formula is C19H17N5O3. The van der Waals surface area contributed by atoms with Crippen LogP contribution in [0.4, 0.5) is 0 Å². The van der Waals surface area contributed by atoms with E-state index >= 15 is 0 Å². The monoisotopic (exact) mass is 363 g/mol. The van der Waals surface area contributed by atoms with Gasteiger partial charge in [-0.15, -0.1) is 5.10 Å². The highest BCUT2D eigenvalue weighted by Crippen LogP contribution is 2.39. The molecule has 1 aliphatic rings. The van der Waals surface area contributed by atoms with Gasteiger partial charge in [0.05, 0.1) is 18.3 Å². The molecule has 1 aliphatic carbocycles. The van der Waals surface area contributed by atoms with E-state index in [0.717, 1.165) is 29.6 Å². The van der Waals surface area contributed by atoms with Crippen molar-refractivity contribution in [2.75, 3.05) is 0 Å². The number of carbonyl (C=O) groups is 1. The summed E-state index contributed by atoms with van der Waals surface area (Å²) in [6, 6.07) is 11.1. The topological polar surface area (TPSA) is 94.4 Å². The lowest BCUT2D eigenvalue weighted by Gasteiger charge is -2.04. The molecule has 5 rings (SSSR count). The van der Waals surface area contributed by atoms with Gasteiger partial charge >= 0.3 is 5.69 Å². The SMILES string of the molecule is O=C(Cn1nc2c3ccccc3nc(C3CC3)n2c1=O)NCc1ccco1. The Bertz CT molecular complexity index is 1200. The van der Waals surface area contributed by atoms with E-state index in [1.807, 2.05) is 24.3 Å². The van der Waals surface area contributed by atoms with Crippen LogP contribution in [0.1, 0.15) is 30.3 Å². The van der Waals surface area contributed by atoms with Crippen molar-refractivity contribution < 1.29 is 9.21 Å². The smallest absolute Gasteiger partial charge is 0.352 e. The summed E-state index contributed by atoms with van der Waals surface area (Å²) in [4.78, 5) is 29.9. The molecule has 1 amide bonds. The number of hydrogen-bond acceptors (Lipinski definition) is 5. The van der Waals surface area contributed by atoms with Gasteiger partial charge in [0, 0.05) is 11.3 Å². The minimum absolute atomic E-state index is 0.153. The van der Waals surface area contributed by atoms with E-state index in [1.54, 1.807) is 22.8 Å². The van der Waals surface area contributed by atoms with Gasteiger partial charge in [0.15, 0.2) is 5.65 Å². The second-order valence-electron chi connectivity index (χ2n) is 6.72. The van der Waals surface area contributed by atoms with Crippen molar-refractivity contribution in [3.63, 3.8) is 0 Å². The van der Waals surface area contributed by atoms with Crippen LogP contribution in [0.3, 0.4) is 0 Å². The van der Waals surface area contributed by atoms with Crippen LogP contribution in [-0.4, -0.2) is 25.1 Å². The number of rotatable bonds is 5. The summed E-state index contributed by atoms with van der Waals surface area (Å²) in [6.07, 6.45) is 3.58. The molecule has 0 unspecified atom stereocenters. The first kappa shape index (κ1) is 15.8. The first-order valence-corrected chi connectivity index (χ1v) is 8.88. The van der Waals surface area contributed by atoms with Crippen LogP contribution in [0, 0.1) is 0 Å². The van der Waals surface area contributed by atoms with Crippen LogP contribution in [-0.2, 0) is 17.9 Å². The molecule has 0 atom stereocenters. The normalized spacial score (nSPS) is 14.1. The van der Waals surface area contributed by atoms with Crippen LogP contribution in [0.2, 0.25) is 0 Å². The number of hydrogen-bond donors (Lipinski definition) is 1. The third-order valence-electron chi connectivity index (χ3n) is 4.72. The Morgan fingerprint density at radius 1 is 1.22 bits per heavy atom. The number of aromatic nitrogens is 4. The van der Waals surface area contributed by atoms with E-state index in [1.165, 1.54) is 4.68 Å². The van der Waals surface area contributed by atoms with E-state index in [4.69, 9.17) is 4.42 Å². The molecule has 0 aliphatic heterocycles. The molecule has 4 aromatic rings. The number of nitrogens with zero attached hydrogens (tertiary/aromatic N) is 4. The molecule has 3 heterocycles. The molecule has 1 N–H and O–H groups in total. The largest absolute Gasteiger partial charge is 0.467 e. The maximum absolute atomic E-state index is 12.9. The summed E-state index contributed by atoms with van der Waals surface area (Å²) in [6.45, 7) is 0.116. The minimum atomic E-state index is -0.335. The van der Waals surface area contributed by atoms with Crippen LogP contribution >= 0.6 is 0 Å². The summed E-state index contributed by atoms with van der Waals surface area (Å²) >= 11 is 0. The number of nitrogens with one attached hydrogen (secondary N) is 1. The zero-order valence-corrected chi connectivity index (χ0v) is 14.5. The summed E-state index contributed by atoms with van der Waals surface area (Å²) in [7, 11) is 0. The number of amides is 1. The van der Waals surface area contributed by atoms with Gasteiger partial charge in [-0.2, -0.15) is 0 Å². The summed E-state index contributed by atoms with van der Waals surface area (Å²) in [5.41, 5.74) is 1.02. The molecule has 1 fully saturated rings. The minimum Gasteiger partial charge on any atom is -0.467 e. The maximum atomic E-state index is 12.9. The molecule has 1 saturated carbocycles. The molecule has 1 aromatic carbocycles. The molecule has 27 heavy (non-hydrogen) atoms. The number of para-hydroxylation sites is 1. The Morgan fingerprint density at radius 3 is 2.85 bits per heavy atom. The summed E-state index contributed by atoms with van der Waals surface area (Å²) in [5.74, 6) is 1.36. The van der Waals surface area contributed by atoms with Crippen molar-refractivity contribution in [1.29, 1.82) is 0 Å². The molecule has 3 aromatic heterocycles. The van der Waals surface area contributed by atoms with Gasteiger partial charge in [-0.05, 0) is 37.1 Å². The second kappa shape index (κ2) is 6.08. The molecule has 0 radical (unpaired) electrons. The third-order valence-corrected chi connectivity index (χ3v) is 4.72. The van der Waals surface area contributed by atoms with E-state index in [-0.39, 0.29) is 30.6 Å². The third kappa shape index (κ3) is 2.79. The van der Waals surface area contributed by atoms with Crippen LogP contribution in [0.5, 0.6) is 0 Å². The Morgan fingerprint density at radius 2 is 2.07 bits per heavy atom. The summed E-state index contributed by atoms with van der Waals surface area (Å²) < 4.78 is 7.95. The van der Waals surface area contributed by atoms with E-state index in [2.05, 4.69) is 15.4 Å². The van der Waals surface area contributed by atoms with Crippen LogP contribution in [0.25, 0.3) is 16.6 Å². The second-order valence-corrected chi connectivity index (χ2v) is 6.72. The Labute approximate surface area is 153 Å². The lowest BCUT2D eigenvalue weighted by Crippen LogP contribution is -2.32. The van der Waals surface area contributed by atoms with Gasteiger partial charge in [-0.1, -0.05) is 12.1 Å². The Hall–Kier alpha value is -3.42. The van der Waals surface area contributed by atoms with E-state index in [9.17, 15) is 9.59 Å². The van der Waals surface area contributed by atoms with Gasteiger partial charge in [0.1, 0.15) is 18.1 Å². The first-order valence-electron chi connectivity index (χ1n) is 8.88. The van der Waals surface area contributed by atoms with Crippen LogP contribution in [0.15, 0.2) is 51.9 Å². The van der Waals surface area contributed by atoms with Gasteiger partial charge in [0.2, 0.25) is 5.91 Å². The van der Waals surface area contributed by atoms with E-state index in [0.29, 0.717) is 11.4 Å². The van der Waals surface area contributed by atoms with Gasteiger partial charge in [-0.25, -0.2) is 18.9 Å². The zero-order chi connectivity index (χ0) is 18.4. The molecular weight excluding hydrogens is 346 g/mol. The number of furan rings is 1. The van der Waals surface area contributed by atoms with Gasteiger partial charge in [-0.3, -0.25) is 4.79 Å². The van der Waals surface area contributed by atoms with Crippen molar-refractivity contribution >= 4 is 22.5 Å². The molecule has 0 spiro atoms. The highest BCUT2D eigenvalue weighted by atomic mass is 16.3. The lowest BCUT2D eigenvalue weighted by molar-refractivity contribution is -0.122. The zero-order valence-electron chi connectivity index (χ0n) is 14.5. The van der Waals surface area contributed by atoms with Crippen molar-refractivity contribution in [2.24, 2.45) is 0 Å². The standard InChI is InChI=1S/C19H17N5O3/c25-16(20-10-13-4-3-9-27-13)11-23-19(26)24-17(12-7-8-12)21-15-6-2-1-5-14(15)18(24)22-23/h1-6,9,12H,7-8,10-11H2,(H,20,25). The maximum Gasteiger partial charge on any atom is 0.352 e. The van der Waals surface area contributed by atoms with E-state index < -0.39 is 0 Å². The number of benzene rings is 1. The fraction of sp³-hybridized carbons (Fsp3) is 0.263. The van der Waals surface area contributed by atoms with Crippen molar-refractivity contribution in [3.05, 3.63) is 64.7 Å². The molecule has 8 nitrogen and oxygen atoms in total. The first-order chi connectivity index (χ1) is 13.2. The van der Waals surface area contributed by atoms with Crippen molar-refractivity contribution in [3.8, 4) is 0 Å². The highest BCUT2D eigenvalue weighted by Gasteiger charge is 2.30. The molecule has 0 saturated heterocycles. The highest BCUT2D eigenvalue weighted by molar-refractivity contribution is 5.91. The van der Waals surface area contributed by atoms with Gasteiger partial charge < -0.3 is 9.73 Å². The lowest BCUT2D eigenvalue weighted by atomic mass is 10.2. The van der Waals surface area contributed by atoms with Gasteiger partial charge in [0.25, 0.3) is 0 Å². The average Bonchev–Trinajstić information content (AvgIpc) is 3.30. The Kier molecular flexibility index (Phi) is 3.56. The fourth-order valence-corrected chi connectivity index (χ4v) is 3.23. The number of fused-ring (bicyclic) bond motifs is 3. The predicted molar refractivity (Wildman–Crippen MR) is 97.3 cm³/mol. The van der Waals surface area contributed by atoms with Crippen LogP contribution < -0.4 is 11.0 Å². The fourth-order valence-electron chi connectivity index (χ4n) is 3.23. The predicted octanol–water partition coefficient (Wildman–Crippen LogP) is 1.83. The Balaban J connectivity index is 1.52. The summed E-state index contributed by atoms with van der Waals surface area (Å²) in [5, 5.41) is 7.97. The molecule has 0 bridgehead atoms. The number of carbonyl (C=O) groups excluding carboxylic acids is 1. The average molecular weight is 363 g/mol. The molecule has 136 valence electrons. The molecule has 8 heteroatoms.